The van der Waals surface area contributed by atoms with E-state index in [1.807, 2.05) is 6.07 Å². The van der Waals surface area contributed by atoms with Crippen LogP contribution in [-0.4, -0.2) is 19.4 Å². The number of aldehydes is 1. The number of carbonyl (C=O) groups is 1. The summed E-state index contributed by atoms with van der Waals surface area (Å²) in [6, 6.07) is 3.62. The van der Waals surface area contributed by atoms with Crippen LogP contribution in [0.2, 0.25) is 0 Å². The molecular weight excluding hydrogens is 202 g/mol. The molecule has 0 spiro atoms. The highest BCUT2D eigenvalue weighted by atomic mass is 16.4. The van der Waals surface area contributed by atoms with Crippen molar-refractivity contribution in [1.82, 2.24) is 0 Å². The molecule has 3 heteroatoms. The average molecular weight is 221 g/mol. The summed E-state index contributed by atoms with van der Waals surface area (Å²) in [5, 5.41) is 0. The molecule has 1 fully saturated rings. The van der Waals surface area contributed by atoms with E-state index in [0.717, 1.165) is 37.1 Å². The van der Waals surface area contributed by atoms with Gasteiger partial charge in [-0.3, -0.25) is 4.79 Å². The van der Waals surface area contributed by atoms with Crippen molar-refractivity contribution in [2.24, 2.45) is 11.8 Å². The molecule has 0 unspecified atom stereocenters. The van der Waals surface area contributed by atoms with Crippen molar-refractivity contribution in [3.8, 4) is 0 Å². The maximum atomic E-state index is 10.5. The zero-order chi connectivity index (χ0) is 11.5. The first-order valence-corrected chi connectivity index (χ1v) is 6.00. The molecule has 1 aromatic heterocycles. The number of rotatable bonds is 3. The molecular formula is C13H19NO2. The maximum Gasteiger partial charge on any atom is 0.196 e. The topological polar surface area (TPSA) is 33.5 Å². The van der Waals surface area contributed by atoms with E-state index < -0.39 is 0 Å². The van der Waals surface area contributed by atoms with Crippen molar-refractivity contribution < 1.29 is 9.21 Å². The summed E-state index contributed by atoms with van der Waals surface area (Å²) in [6.45, 7) is 6.65. The molecule has 2 rings (SSSR count). The Morgan fingerprint density at radius 1 is 1.38 bits per heavy atom. The number of hydrogen-bond donors (Lipinski definition) is 0. The Labute approximate surface area is 96.4 Å². The Bertz CT molecular complexity index is 349. The van der Waals surface area contributed by atoms with Crippen LogP contribution in [0.3, 0.4) is 0 Å². The van der Waals surface area contributed by atoms with E-state index >= 15 is 0 Å². The molecule has 0 radical (unpaired) electrons. The molecule has 88 valence electrons. The first-order chi connectivity index (χ1) is 7.70. The SMILES string of the molecule is CC(C)C1CCN(c2ccc(C=O)o2)CC1. The monoisotopic (exact) mass is 221 g/mol. The summed E-state index contributed by atoms with van der Waals surface area (Å²) in [7, 11) is 0. The zero-order valence-corrected chi connectivity index (χ0v) is 9.98. The number of anilines is 1. The number of nitrogens with zero attached hydrogens (tertiary/aromatic N) is 1. The van der Waals surface area contributed by atoms with Gasteiger partial charge in [-0.05, 0) is 30.7 Å². The fourth-order valence-corrected chi connectivity index (χ4v) is 2.36. The fraction of sp³-hybridized carbons (Fsp3) is 0.615. The molecule has 0 atom stereocenters. The second-order valence-corrected chi connectivity index (χ2v) is 4.86. The van der Waals surface area contributed by atoms with Crippen LogP contribution < -0.4 is 4.90 Å². The van der Waals surface area contributed by atoms with E-state index in [1.165, 1.54) is 12.8 Å². The molecule has 2 heterocycles. The van der Waals surface area contributed by atoms with Crippen LogP contribution in [0, 0.1) is 11.8 Å². The van der Waals surface area contributed by atoms with Gasteiger partial charge in [0.1, 0.15) is 0 Å². The zero-order valence-electron chi connectivity index (χ0n) is 9.98. The lowest BCUT2D eigenvalue weighted by molar-refractivity contribution is 0.110. The Kier molecular flexibility index (Phi) is 3.32. The molecule has 3 nitrogen and oxygen atoms in total. The first-order valence-electron chi connectivity index (χ1n) is 6.00. The van der Waals surface area contributed by atoms with Gasteiger partial charge in [-0.2, -0.15) is 0 Å². The van der Waals surface area contributed by atoms with Gasteiger partial charge in [0.15, 0.2) is 17.9 Å². The number of carbonyl (C=O) groups excluding carboxylic acids is 1. The van der Waals surface area contributed by atoms with E-state index in [-0.39, 0.29) is 0 Å². The molecule has 0 bridgehead atoms. The van der Waals surface area contributed by atoms with Gasteiger partial charge >= 0.3 is 0 Å². The highest BCUT2D eigenvalue weighted by molar-refractivity contribution is 5.71. The third-order valence-corrected chi connectivity index (χ3v) is 3.52. The van der Waals surface area contributed by atoms with Crippen LogP contribution in [0.4, 0.5) is 5.88 Å². The predicted molar refractivity (Wildman–Crippen MR) is 63.9 cm³/mol. The van der Waals surface area contributed by atoms with Gasteiger partial charge < -0.3 is 9.32 Å². The molecule has 0 saturated carbocycles. The van der Waals surface area contributed by atoms with Gasteiger partial charge in [-0.25, -0.2) is 0 Å². The van der Waals surface area contributed by atoms with Crippen LogP contribution in [-0.2, 0) is 0 Å². The Balaban J connectivity index is 1.96. The van der Waals surface area contributed by atoms with E-state index in [9.17, 15) is 4.79 Å². The third kappa shape index (κ3) is 2.29. The molecule has 16 heavy (non-hydrogen) atoms. The summed E-state index contributed by atoms with van der Waals surface area (Å²) in [6.07, 6.45) is 3.19. The molecule has 1 aromatic rings. The van der Waals surface area contributed by atoms with Crippen molar-refractivity contribution in [3.63, 3.8) is 0 Å². The lowest BCUT2D eigenvalue weighted by atomic mass is 9.87. The number of hydrogen-bond acceptors (Lipinski definition) is 3. The van der Waals surface area contributed by atoms with Crippen LogP contribution in [0.5, 0.6) is 0 Å². The van der Waals surface area contributed by atoms with Crippen LogP contribution in [0.1, 0.15) is 37.2 Å². The standard InChI is InChI=1S/C13H19NO2/c1-10(2)11-5-7-14(8-6-11)13-4-3-12(9-15)16-13/h3-4,9-11H,5-8H2,1-2H3. The molecule has 1 saturated heterocycles. The number of furan rings is 1. The smallest absolute Gasteiger partial charge is 0.196 e. The van der Waals surface area contributed by atoms with Crippen molar-refractivity contribution in [1.29, 1.82) is 0 Å². The molecule has 0 amide bonds. The molecule has 1 aliphatic rings. The molecule has 0 aromatic carbocycles. The summed E-state index contributed by atoms with van der Waals surface area (Å²) < 4.78 is 5.43. The maximum absolute atomic E-state index is 10.5. The summed E-state index contributed by atoms with van der Waals surface area (Å²) >= 11 is 0. The molecule has 0 aliphatic carbocycles. The molecule has 0 N–H and O–H groups in total. The van der Waals surface area contributed by atoms with Crippen LogP contribution in [0.15, 0.2) is 16.5 Å². The van der Waals surface area contributed by atoms with Crippen molar-refractivity contribution in [2.45, 2.75) is 26.7 Å². The van der Waals surface area contributed by atoms with Gasteiger partial charge in [0.05, 0.1) is 0 Å². The Hall–Kier alpha value is -1.25. The minimum atomic E-state index is 0.418. The average Bonchev–Trinajstić information content (AvgIpc) is 2.77. The first kappa shape index (κ1) is 11.2. The van der Waals surface area contributed by atoms with E-state index in [2.05, 4.69) is 18.7 Å². The Morgan fingerprint density at radius 3 is 2.56 bits per heavy atom. The van der Waals surface area contributed by atoms with Crippen LogP contribution >= 0.6 is 0 Å². The van der Waals surface area contributed by atoms with Gasteiger partial charge in [0.25, 0.3) is 0 Å². The van der Waals surface area contributed by atoms with Crippen molar-refractivity contribution in [2.75, 3.05) is 18.0 Å². The summed E-state index contributed by atoms with van der Waals surface area (Å²) in [5.74, 6) is 2.85. The van der Waals surface area contributed by atoms with Gasteiger partial charge in [-0.15, -0.1) is 0 Å². The second-order valence-electron chi connectivity index (χ2n) is 4.86. The highest BCUT2D eigenvalue weighted by Crippen LogP contribution is 2.28. The van der Waals surface area contributed by atoms with E-state index in [0.29, 0.717) is 5.76 Å². The van der Waals surface area contributed by atoms with Gasteiger partial charge in [0, 0.05) is 19.2 Å². The van der Waals surface area contributed by atoms with Crippen molar-refractivity contribution in [3.05, 3.63) is 17.9 Å². The fourth-order valence-electron chi connectivity index (χ4n) is 2.36. The molecule has 1 aliphatic heterocycles. The minimum absolute atomic E-state index is 0.418. The lowest BCUT2D eigenvalue weighted by Crippen LogP contribution is -2.34. The van der Waals surface area contributed by atoms with E-state index in [1.54, 1.807) is 6.07 Å². The third-order valence-electron chi connectivity index (χ3n) is 3.52. The largest absolute Gasteiger partial charge is 0.438 e. The normalized spacial score (nSPS) is 18.1. The second kappa shape index (κ2) is 4.73. The Morgan fingerprint density at radius 2 is 2.06 bits per heavy atom. The summed E-state index contributed by atoms with van der Waals surface area (Å²) in [4.78, 5) is 12.8. The van der Waals surface area contributed by atoms with Crippen LogP contribution in [0.25, 0.3) is 0 Å². The van der Waals surface area contributed by atoms with Gasteiger partial charge in [0.2, 0.25) is 0 Å². The van der Waals surface area contributed by atoms with Gasteiger partial charge in [-0.1, -0.05) is 13.8 Å². The highest BCUT2D eigenvalue weighted by Gasteiger charge is 2.23. The number of piperidine rings is 1. The predicted octanol–water partition coefficient (Wildman–Crippen LogP) is 2.96. The van der Waals surface area contributed by atoms with E-state index in [4.69, 9.17) is 4.42 Å². The summed E-state index contributed by atoms with van der Waals surface area (Å²) in [5.41, 5.74) is 0. The lowest BCUT2D eigenvalue weighted by Gasteiger charge is -2.33. The minimum Gasteiger partial charge on any atom is -0.438 e. The quantitative estimate of drug-likeness (QED) is 0.736. The van der Waals surface area contributed by atoms with Crippen molar-refractivity contribution >= 4 is 12.2 Å².